The second kappa shape index (κ2) is 7.26. The van der Waals surface area contributed by atoms with Crippen LogP contribution in [0.5, 0.6) is 0 Å². The molecule has 1 aliphatic heterocycles. The number of rotatable bonds is 5. The quantitative estimate of drug-likeness (QED) is 0.501. The zero-order valence-corrected chi connectivity index (χ0v) is 16.5. The fourth-order valence-electron chi connectivity index (χ4n) is 3.41. The zero-order chi connectivity index (χ0) is 19.8. The Labute approximate surface area is 171 Å². The van der Waals surface area contributed by atoms with Gasteiger partial charge in [0, 0.05) is 30.9 Å². The van der Waals surface area contributed by atoms with Crippen molar-refractivity contribution in [3.63, 3.8) is 0 Å². The van der Waals surface area contributed by atoms with E-state index in [9.17, 15) is 0 Å². The van der Waals surface area contributed by atoms with Crippen LogP contribution >= 0.6 is 11.8 Å². The van der Waals surface area contributed by atoms with Gasteiger partial charge in [0.25, 0.3) is 0 Å². The first kappa shape index (κ1) is 17.8. The highest BCUT2D eigenvalue weighted by Crippen LogP contribution is 2.46. The number of hydrogen-bond acceptors (Lipinski definition) is 8. The average molecular weight is 403 g/mol. The molecule has 0 radical (unpaired) electrons. The molecular formula is C20H17N7OS. The van der Waals surface area contributed by atoms with E-state index in [4.69, 9.17) is 4.74 Å². The van der Waals surface area contributed by atoms with Gasteiger partial charge in [-0.3, -0.25) is 4.90 Å². The standard InChI is InChI=1S/C20H17N7OS/c1-3-14-17-18(24-10-23-14)25-11-26(17)9-13-4-5-16-15(8-13)27(12-28-2)19-20(29-16)22-7-6-21-19/h3-8,10-11H,1,9,12H2,2H3. The van der Waals surface area contributed by atoms with E-state index in [1.54, 1.807) is 43.7 Å². The predicted molar refractivity (Wildman–Crippen MR) is 111 cm³/mol. The van der Waals surface area contributed by atoms with Gasteiger partial charge in [0.05, 0.1) is 17.7 Å². The van der Waals surface area contributed by atoms with E-state index >= 15 is 0 Å². The number of methoxy groups -OCH3 is 1. The van der Waals surface area contributed by atoms with Gasteiger partial charge in [-0.2, -0.15) is 0 Å². The van der Waals surface area contributed by atoms with Crippen molar-refractivity contribution in [2.75, 3.05) is 18.7 Å². The molecule has 0 aliphatic carbocycles. The highest BCUT2D eigenvalue weighted by molar-refractivity contribution is 7.99. The Kier molecular flexibility index (Phi) is 4.45. The molecule has 1 aromatic carbocycles. The summed E-state index contributed by atoms with van der Waals surface area (Å²) in [6.07, 6.45) is 8.43. The van der Waals surface area contributed by atoms with Crippen LogP contribution in [0.25, 0.3) is 17.2 Å². The minimum absolute atomic E-state index is 0.394. The van der Waals surface area contributed by atoms with Crippen LogP contribution in [0.15, 0.2) is 59.7 Å². The Hall–Kier alpha value is -3.30. The number of benzene rings is 1. The fraction of sp³-hybridized carbons (Fsp3) is 0.150. The van der Waals surface area contributed by atoms with Crippen molar-refractivity contribution in [3.8, 4) is 0 Å². The molecule has 1 aliphatic rings. The van der Waals surface area contributed by atoms with Crippen molar-refractivity contribution in [3.05, 3.63) is 61.1 Å². The van der Waals surface area contributed by atoms with E-state index in [0.29, 0.717) is 18.9 Å². The molecule has 0 fully saturated rings. The second-order valence-electron chi connectivity index (χ2n) is 6.44. The summed E-state index contributed by atoms with van der Waals surface area (Å²) in [7, 11) is 1.68. The highest BCUT2D eigenvalue weighted by Gasteiger charge is 2.26. The van der Waals surface area contributed by atoms with Crippen molar-refractivity contribution < 1.29 is 4.74 Å². The summed E-state index contributed by atoms with van der Waals surface area (Å²) in [6, 6.07) is 6.38. The monoisotopic (exact) mass is 403 g/mol. The van der Waals surface area contributed by atoms with Gasteiger partial charge >= 0.3 is 0 Å². The molecule has 4 aromatic rings. The minimum atomic E-state index is 0.394. The van der Waals surface area contributed by atoms with Crippen LogP contribution < -0.4 is 4.90 Å². The van der Waals surface area contributed by atoms with Crippen LogP contribution in [-0.4, -0.2) is 43.3 Å². The molecule has 8 nitrogen and oxygen atoms in total. The number of ether oxygens (including phenoxy) is 1. The molecule has 29 heavy (non-hydrogen) atoms. The third-order valence-electron chi connectivity index (χ3n) is 4.67. The number of aromatic nitrogens is 6. The topological polar surface area (TPSA) is 81.9 Å². The van der Waals surface area contributed by atoms with Crippen molar-refractivity contribution in [2.24, 2.45) is 0 Å². The lowest BCUT2D eigenvalue weighted by atomic mass is 10.1. The summed E-state index contributed by atoms with van der Waals surface area (Å²) < 4.78 is 7.47. The molecule has 0 unspecified atom stereocenters. The van der Waals surface area contributed by atoms with Crippen molar-refractivity contribution in [2.45, 2.75) is 16.5 Å². The van der Waals surface area contributed by atoms with Gasteiger partial charge in [0.15, 0.2) is 11.5 Å². The second-order valence-corrected chi connectivity index (χ2v) is 7.47. The minimum Gasteiger partial charge on any atom is -0.364 e. The first-order valence-corrected chi connectivity index (χ1v) is 9.76. The third-order valence-corrected chi connectivity index (χ3v) is 5.71. The van der Waals surface area contributed by atoms with Crippen molar-refractivity contribution in [1.82, 2.24) is 29.5 Å². The molecule has 0 bridgehead atoms. The summed E-state index contributed by atoms with van der Waals surface area (Å²) in [6.45, 7) is 4.88. The summed E-state index contributed by atoms with van der Waals surface area (Å²) in [4.78, 5) is 25.1. The lowest BCUT2D eigenvalue weighted by Gasteiger charge is -2.30. The summed E-state index contributed by atoms with van der Waals surface area (Å²) in [5.74, 6) is 0.805. The fourth-order valence-corrected chi connectivity index (χ4v) is 4.40. The molecule has 0 atom stereocenters. The Morgan fingerprint density at radius 1 is 1.14 bits per heavy atom. The van der Waals surface area contributed by atoms with Gasteiger partial charge in [-0.15, -0.1) is 0 Å². The molecule has 3 aromatic heterocycles. The van der Waals surface area contributed by atoms with Gasteiger partial charge in [-0.25, -0.2) is 24.9 Å². The molecule has 0 saturated carbocycles. The predicted octanol–water partition coefficient (Wildman–Crippen LogP) is 3.51. The molecule has 0 saturated heterocycles. The Bertz CT molecular complexity index is 1220. The summed E-state index contributed by atoms with van der Waals surface area (Å²) >= 11 is 1.61. The molecular weight excluding hydrogens is 386 g/mol. The lowest BCUT2D eigenvalue weighted by Crippen LogP contribution is -2.24. The van der Waals surface area contributed by atoms with Crippen LogP contribution in [0.1, 0.15) is 11.3 Å². The number of hydrogen-bond donors (Lipinski definition) is 0. The molecule has 0 spiro atoms. The Balaban J connectivity index is 1.55. The maximum Gasteiger partial charge on any atom is 0.181 e. The van der Waals surface area contributed by atoms with E-state index in [0.717, 1.165) is 38.2 Å². The van der Waals surface area contributed by atoms with Gasteiger partial charge < -0.3 is 9.30 Å². The SMILES string of the molecule is C=Cc1ncnc2ncn(Cc3ccc4c(c3)N(COC)c3nccnc3S4)c12. The first-order valence-electron chi connectivity index (χ1n) is 8.95. The number of nitrogens with zero attached hydrogens (tertiary/aromatic N) is 7. The first-order chi connectivity index (χ1) is 14.3. The van der Waals surface area contributed by atoms with Crippen LogP contribution in [0, 0.1) is 0 Å². The molecule has 144 valence electrons. The number of fused-ring (bicyclic) bond motifs is 3. The van der Waals surface area contributed by atoms with Crippen LogP contribution in [0.2, 0.25) is 0 Å². The average Bonchev–Trinajstić information content (AvgIpc) is 3.17. The Morgan fingerprint density at radius 3 is 2.90 bits per heavy atom. The van der Waals surface area contributed by atoms with Crippen molar-refractivity contribution >= 4 is 40.5 Å². The highest BCUT2D eigenvalue weighted by atomic mass is 32.2. The normalized spacial score (nSPS) is 12.7. The lowest BCUT2D eigenvalue weighted by molar-refractivity contribution is 0.204. The third kappa shape index (κ3) is 3.04. The van der Waals surface area contributed by atoms with E-state index < -0.39 is 0 Å². The van der Waals surface area contributed by atoms with Gasteiger partial charge in [0.2, 0.25) is 0 Å². The van der Waals surface area contributed by atoms with Gasteiger partial charge in [-0.1, -0.05) is 24.4 Å². The zero-order valence-electron chi connectivity index (χ0n) is 15.7. The molecule has 0 amide bonds. The van der Waals surface area contributed by atoms with Gasteiger partial charge in [0.1, 0.15) is 23.6 Å². The molecule has 9 heteroatoms. The van der Waals surface area contributed by atoms with Crippen LogP contribution in [0.4, 0.5) is 11.5 Å². The smallest absolute Gasteiger partial charge is 0.181 e. The molecule has 5 rings (SSSR count). The Morgan fingerprint density at radius 2 is 2.03 bits per heavy atom. The van der Waals surface area contributed by atoms with Crippen LogP contribution in [-0.2, 0) is 11.3 Å². The van der Waals surface area contributed by atoms with E-state index in [1.807, 2.05) is 9.47 Å². The number of imidazole rings is 1. The summed E-state index contributed by atoms with van der Waals surface area (Å²) in [5, 5.41) is 0.873. The van der Waals surface area contributed by atoms with E-state index in [-0.39, 0.29) is 0 Å². The number of anilines is 2. The van der Waals surface area contributed by atoms with Crippen molar-refractivity contribution in [1.29, 1.82) is 0 Å². The van der Waals surface area contributed by atoms with E-state index in [2.05, 4.69) is 49.7 Å². The molecule has 0 N–H and O–H groups in total. The largest absolute Gasteiger partial charge is 0.364 e. The van der Waals surface area contributed by atoms with E-state index in [1.165, 1.54) is 6.33 Å². The summed E-state index contributed by atoms with van der Waals surface area (Å²) in [5.41, 5.74) is 4.47. The maximum atomic E-state index is 5.43. The maximum absolute atomic E-state index is 5.43. The molecule has 4 heterocycles. The van der Waals surface area contributed by atoms with Crippen LogP contribution in [0.3, 0.4) is 0 Å². The van der Waals surface area contributed by atoms with Gasteiger partial charge in [-0.05, 0) is 23.8 Å².